The van der Waals surface area contributed by atoms with Crippen molar-refractivity contribution >= 4 is 19.7 Å². The number of esters is 1. The Bertz CT molecular complexity index is 1640. The lowest BCUT2D eigenvalue weighted by Crippen LogP contribution is -2.47. The van der Waals surface area contributed by atoms with Gasteiger partial charge in [0, 0.05) is 12.8 Å². The maximum Gasteiger partial charge on any atom is 0.472 e. The molecule has 1 amide bonds. The lowest BCUT2D eigenvalue weighted by Gasteiger charge is -2.27. The monoisotopic (exact) mass is 1210 g/mol. The average Bonchev–Trinajstić information content (AvgIpc) is 3.64. The summed E-state index contributed by atoms with van der Waals surface area (Å²) in [5.74, 6) is -0.492. The van der Waals surface area contributed by atoms with Gasteiger partial charge in [0.25, 0.3) is 0 Å². The Balaban J connectivity index is 4.96. The van der Waals surface area contributed by atoms with E-state index in [1.165, 1.54) is 250 Å². The Kier molecular flexibility index (Phi) is 62.9. The molecule has 2 N–H and O–H groups in total. The van der Waals surface area contributed by atoms with Crippen molar-refractivity contribution in [3.05, 3.63) is 60.8 Å². The second kappa shape index (κ2) is 64.7. The van der Waals surface area contributed by atoms with Crippen molar-refractivity contribution in [3.63, 3.8) is 0 Å². The summed E-state index contributed by atoms with van der Waals surface area (Å²) in [5.41, 5.74) is 0. The molecule has 0 heterocycles. The van der Waals surface area contributed by atoms with Gasteiger partial charge in [0.15, 0.2) is 0 Å². The highest BCUT2D eigenvalue weighted by Gasteiger charge is 2.30. The molecule has 0 saturated heterocycles. The molecule has 0 spiro atoms. The van der Waals surface area contributed by atoms with Crippen molar-refractivity contribution in [2.75, 3.05) is 40.9 Å². The first kappa shape index (κ1) is 82.7. The van der Waals surface area contributed by atoms with E-state index >= 15 is 0 Å². The van der Waals surface area contributed by atoms with Gasteiger partial charge < -0.3 is 19.4 Å². The molecule has 3 atom stereocenters. The number of nitrogens with zero attached hydrogens (tertiary/aromatic N) is 1. The standard InChI is InChI=1S/C75H141N2O7P/c1-7-10-13-16-19-22-25-27-29-31-33-35-37-38-40-41-43-45-47-49-52-55-58-61-64-67-74(78)76-72(71-83-85(80,81)82-70-69-77(4,5)6)73(66-63-60-57-54-51-24-21-18-15-12-9-3)84-75(79)68-65-62-59-56-53-50-48-46-44-42-39-36-34-32-30-28-26-23-20-17-14-11-8-2/h19-20,22-23,27-30,63,66,72-73H,7-18,21,24-26,31-62,64-65,67-71H2,1-6H3,(H-,76,78,80,81)/p+1/b22-19-,23-20-,29-27-,30-28-,66-63+. The highest BCUT2D eigenvalue weighted by atomic mass is 31.2. The minimum absolute atomic E-state index is 0.0408. The number of phosphoric acid groups is 1. The first-order valence-corrected chi connectivity index (χ1v) is 38.1. The molecular formula is C75H142N2O7P+. The van der Waals surface area contributed by atoms with Gasteiger partial charge in [0.1, 0.15) is 19.3 Å². The van der Waals surface area contributed by atoms with E-state index in [9.17, 15) is 19.0 Å². The zero-order valence-corrected chi connectivity index (χ0v) is 58.0. The summed E-state index contributed by atoms with van der Waals surface area (Å²) in [4.78, 5) is 37.9. The third-order valence-corrected chi connectivity index (χ3v) is 17.4. The van der Waals surface area contributed by atoms with E-state index < -0.39 is 20.0 Å². The molecule has 85 heavy (non-hydrogen) atoms. The highest BCUT2D eigenvalue weighted by molar-refractivity contribution is 7.47. The largest absolute Gasteiger partial charge is 0.472 e. The van der Waals surface area contributed by atoms with Crippen LogP contribution in [0.25, 0.3) is 0 Å². The predicted molar refractivity (Wildman–Crippen MR) is 369 cm³/mol. The number of carbonyl (C=O) groups excluding carboxylic acids is 2. The molecule has 0 rings (SSSR count). The molecule has 0 radical (unpaired) electrons. The molecule has 498 valence electrons. The van der Waals surface area contributed by atoms with E-state index in [2.05, 4.69) is 74.7 Å². The number of hydrogen-bond acceptors (Lipinski definition) is 6. The Morgan fingerprint density at radius 2 is 0.718 bits per heavy atom. The Labute approximate surface area is 528 Å². The van der Waals surface area contributed by atoms with E-state index in [4.69, 9.17) is 13.8 Å². The molecule has 9 nitrogen and oxygen atoms in total. The van der Waals surface area contributed by atoms with Gasteiger partial charge in [0.05, 0.1) is 33.8 Å². The molecule has 0 aromatic rings. The third kappa shape index (κ3) is 66.0. The Morgan fingerprint density at radius 3 is 1.08 bits per heavy atom. The smallest absolute Gasteiger partial charge is 0.456 e. The summed E-state index contributed by atoms with van der Waals surface area (Å²) in [6.07, 6.45) is 83.8. The number of carbonyl (C=O) groups is 2. The SMILES string of the molecule is CCCCC/C=C\C/C=C\CCCCCCCCCCCCCCCCCC(=O)NC(COP(=O)(O)OCC[N+](C)(C)C)C(/C=C/CCCCCCCCCCC)OC(=O)CCCCCCCCCCCCCCC/C=C\C/C=C\CCCCC. The van der Waals surface area contributed by atoms with Crippen molar-refractivity contribution in [3.8, 4) is 0 Å². The van der Waals surface area contributed by atoms with Crippen molar-refractivity contribution in [1.29, 1.82) is 0 Å². The molecule has 0 fully saturated rings. The number of phosphoric ester groups is 1. The van der Waals surface area contributed by atoms with Crippen LogP contribution in [0.1, 0.15) is 355 Å². The van der Waals surface area contributed by atoms with E-state index in [1.54, 1.807) is 0 Å². The minimum atomic E-state index is -4.45. The molecule has 0 aliphatic carbocycles. The molecule has 0 saturated carbocycles. The maximum atomic E-state index is 13.6. The highest BCUT2D eigenvalue weighted by Crippen LogP contribution is 2.43. The van der Waals surface area contributed by atoms with Gasteiger partial charge in [0.2, 0.25) is 5.91 Å². The summed E-state index contributed by atoms with van der Waals surface area (Å²) in [6.45, 7) is 7.01. The van der Waals surface area contributed by atoms with Gasteiger partial charge in [-0.1, -0.05) is 307 Å². The van der Waals surface area contributed by atoms with Crippen LogP contribution in [-0.2, 0) is 27.9 Å². The molecule has 0 aliphatic rings. The number of amides is 1. The summed E-state index contributed by atoms with van der Waals surface area (Å²) in [7, 11) is 1.51. The zero-order valence-electron chi connectivity index (χ0n) is 57.1. The van der Waals surface area contributed by atoms with E-state index in [0.717, 1.165) is 70.6 Å². The maximum absolute atomic E-state index is 13.6. The first-order valence-electron chi connectivity index (χ1n) is 36.6. The molecular weight excluding hydrogens is 1070 g/mol. The fraction of sp³-hybridized carbons (Fsp3) is 0.840. The molecule has 0 aliphatic heterocycles. The lowest BCUT2D eigenvalue weighted by molar-refractivity contribution is -0.870. The number of allylic oxidation sites excluding steroid dienone is 9. The molecule has 3 unspecified atom stereocenters. The number of likely N-dealkylation sites (N-methyl/N-ethyl adjacent to an activating group) is 1. The molecule has 0 aromatic carbocycles. The summed E-state index contributed by atoms with van der Waals surface area (Å²) in [5, 5.41) is 3.08. The fourth-order valence-electron chi connectivity index (χ4n) is 10.8. The molecule has 0 aromatic heterocycles. The Hall–Kier alpha value is -2.29. The third-order valence-electron chi connectivity index (χ3n) is 16.4. The van der Waals surface area contributed by atoms with Crippen LogP contribution < -0.4 is 5.32 Å². The van der Waals surface area contributed by atoms with Crippen LogP contribution in [0.2, 0.25) is 0 Å². The second-order valence-corrected chi connectivity index (χ2v) is 27.6. The minimum Gasteiger partial charge on any atom is -0.456 e. The number of nitrogens with one attached hydrogen (secondary N) is 1. The van der Waals surface area contributed by atoms with E-state index in [-0.39, 0.29) is 25.1 Å². The van der Waals surface area contributed by atoms with Crippen LogP contribution in [-0.4, -0.2) is 74.3 Å². The van der Waals surface area contributed by atoms with Crippen LogP contribution in [0.5, 0.6) is 0 Å². The number of rotatable bonds is 67. The summed E-state index contributed by atoms with van der Waals surface area (Å²) in [6, 6.07) is -0.849. The van der Waals surface area contributed by atoms with Crippen molar-refractivity contribution < 1.29 is 37.3 Å². The van der Waals surface area contributed by atoms with Gasteiger partial charge in [-0.25, -0.2) is 4.57 Å². The van der Waals surface area contributed by atoms with Crippen molar-refractivity contribution in [1.82, 2.24) is 5.32 Å². The molecule has 0 bridgehead atoms. The number of hydrogen-bond donors (Lipinski definition) is 2. The zero-order chi connectivity index (χ0) is 62.1. The number of ether oxygens (including phenoxy) is 1. The van der Waals surface area contributed by atoms with E-state index in [0.29, 0.717) is 23.9 Å². The summed E-state index contributed by atoms with van der Waals surface area (Å²) >= 11 is 0. The van der Waals surface area contributed by atoms with Gasteiger partial charge in [-0.15, -0.1) is 0 Å². The predicted octanol–water partition coefficient (Wildman–Crippen LogP) is 23.3. The summed E-state index contributed by atoms with van der Waals surface area (Å²) < 4.78 is 30.8. The number of unbranched alkanes of at least 4 members (excludes halogenated alkanes) is 43. The fourth-order valence-corrected chi connectivity index (χ4v) is 11.5. The van der Waals surface area contributed by atoms with Crippen LogP contribution in [0.15, 0.2) is 60.8 Å². The number of quaternary nitrogens is 1. The van der Waals surface area contributed by atoms with Gasteiger partial charge in [-0.2, -0.15) is 0 Å². The first-order chi connectivity index (χ1) is 41.4. The van der Waals surface area contributed by atoms with Crippen LogP contribution >= 0.6 is 7.82 Å². The normalized spacial score (nSPS) is 13.8. The van der Waals surface area contributed by atoms with Gasteiger partial charge in [-0.3, -0.25) is 18.6 Å². The van der Waals surface area contributed by atoms with Crippen LogP contribution in [0, 0.1) is 0 Å². The average molecular weight is 1210 g/mol. The molecule has 10 heteroatoms. The lowest BCUT2D eigenvalue weighted by atomic mass is 10.0. The van der Waals surface area contributed by atoms with Crippen molar-refractivity contribution in [2.24, 2.45) is 0 Å². The van der Waals surface area contributed by atoms with E-state index in [1.807, 2.05) is 33.3 Å². The topological polar surface area (TPSA) is 111 Å². The van der Waals surface area contributed by atoms with Crippen molar-refractivity contribution in [2.45, 2.75) is 367 Å². The van der Waals surface area contributed by atoms with Crippen LogP contribution in [0.4, 0.5) is 0 Å². The van der Waals surface area contributed by atoms with Gasteiger partial charge >= 0.3 is 13.8 Å². The van der Waals surface area contributed by atoms with Crippen LogP contribution in [0.3, 0.4) is 0 Å². The second-order valence-electron chi connectivity index (χ2n) is 26.1. The Morgan fingerprint density at radius 1 is 0.412 bits per heavy atom. The van der Waals surface area contributed by atoms with Gasteiger partial charge in [-0.05, 0) is 96.0 Å². The quantitative estimate of drug-likeness (QED) is 0.0205.